The molecule has 0 spiro atoms. The first-order chi connectivity index (χ1) is 17.1. The zero-order chi connectivity index (χ0) is 25.1. The van der Waals surface area contributed by atoms with Gasteiger partial charge in [-0.1, -0.05) is 0 Å². The monoisotopic (exact) mass is 496 g/mol. The Hall–Kier alpha value is -2.34. The standard InChI is InChI=1S/C24H40N4O7/c29-21(4-1-13-28-22(30)5-6-23(28)31)26-9-2-14-33-16-18-35-19-17-34-15-3-10-27-24(32)20-7-11-25-12-8-20/h5-6,20,25H,1-4,7-19H2,(H,26,29)(H,27,32). The summed E-state index contributed by atoms with van der Waals surface area (Å²) in [6.07, 6.45) is 6.48. The molecule has 0 radical (unpaired) electrons. The number of nitrogens with one attached hydrogen (secondary N) is 3. The highest BCUT2D eigenvalue weighted by molar-refractivity contribution is 6.12. The van der Waals surface area contributed by atoms with Crippen LogP contribution in [0.25, 0.3) is 0 Å². The van der Waals surface area contributed by atoms with E-state index in [1.807, 2.05) is 0 Å². The number of piperidine rings is 1. The average molecular weight is 497 g/mol. The van der Waals surface area contributed by atoms with Gasteiger partial charge in [-0.05, 0) is 45.2 Å². The van der Waals surface area contributed by atoms with E-state index in [1.165, 1.54) is 12.2 Å². The van der Waals surface area contributed by atoms with Gasteiger partial charge >= 0.3 is 0 Å². The van der Waals surface area contributed by atoms with Gasteiger partial charge in [0.1, 0.15) is 0 Å². The molecule has 35 heavy (non-hydrogen) atoms. The first-order valence-corrected chi connectivity index (χ1v) is 12.6. The minimum Gasteiger partial charge on any atom is -0.379 e. The number of carbonyl (C=O) groups excluding carboxylic acids is 4. The first kappa shape index (κ1) is 28.9. The molecule has 2 aliphatic heterocycles. The molecule has 2 aliphatic rings. The highest BCUT2D eigenvalue weighted by atomic mass is 16.5. The van der Waals surface area contributed by atoms with Gasteiger partial charge in [0.05, 0.1) is 26.4 Å². The fourth-order valence-corrected chi connectivity index (χ4v) is 3.70. The quantitative estimate of drug-likeness (QED) is 0.165. The van der Waals surface area contributed by atoms with Crippen molar-refractivity contribution < 1.29 is 33.4 Å². The van der Waals surface area contributed by atoms with Crippen molar-refractivity contribution in [3.8, 4) is 0 Å². The Kier molecular flexibility index (Phi) is 14.9. The molecule has 4 amide bonds. The number of rotatable bonds is 19. The van der Waals surface area contributed by atoms with Crippen molar-refractivity contribution in [3.05, 3.63) is 12.2 Å². The van der Waals surface area contributed by atoms with Crippen molar-refractivity contribution in [2.45, 2.75) is 38.5 Å². The van der Waals surface area contributed by atoms with Crippen molar-refractivity contribution in [1.29, 1.82) is 0 Å². The molecular formula is C24H40N4O7. The van der Waals surface area contributed by atoms with E-state index in [2.05, 4.69) is 16.0 Å². The van der Waals surface area contributed by atoms with E-state index in [4.69, 9.17) is 14.2 Å². The normalized spacial score (nSPS) is 16.2. The van der Waals surface area contributed by atoms with Crippen molar-refractivity contribution in [3.63, 3.8) is 0 Å². The van der Waals surface area contributed by atoms with Crippen molar-refractivity contribution in [1.82, 2.24) is 20.9 Å². The van der Waals surface area contributed by atoms with Crippen LogP contribution in [0.4, 0.5) is 0 Å². The van der Waals surface area contributed by atoms with Crippen LogP contribution >= 0.6 is 0 Å². The average Bonchev–Trinajstić information content (AvgIpc) is 3.19. The second kappa shape index (κ2) is 18.0. The number of amides is 4. The number of hydrogen-bond acceptors (Lipinski definition) is 8. The summed E-state index contributed by atoms with van der Waals surface area (Å²) in [5.74, 6) is -0.463. The summed E-state index contributed by atoms with van der Waals surface area (Å²) in [7, 11) is 0. The number of carbonyl (C=O) groups is 4. The van der Waals surface area contributed by atoms with E-state index < -0.39 is 0 Å². The summed E-state index contributed by atoms with van der Waals surface area (Å²) in [6.45, 7) is 6.28. The fourth-order valence-electron chi connectivity index (χ4n) is 3.70. The predicted molar refractivity (Wildman–Crippen MR) is 128 cm³/mol. The van der Waals surface area contributed by atoms with Crippen LogP contribution in [-0.2, 0) is 33.4 Å². The predicted octanol–water partition coefficient (Wildman–Crippen LogP) is -0.246. The van der Waals surface area contributed by atoms with Crippen LogP contribution in [0, 0.1) is 5.92 Å². The molecule has 2 rings (SSSR count). The third-order valence-corrected chi connectivity index (χ3v) is 5.69. The van der Waals surface area contributed by atoms with Gasteiger partial charge in [0, 0.05) is 57.3 Å². The molecule has 0 bridgehead atoms. The zero-order valence-corrected chi connectivity index (χ0v) is 20.6. The van der Waals surface area contributed by atoms with Gasteiger partial charge < -0.3 is 30.2 Å². The number of hydrogen-bond donors (Lipinski definition) is 3. The summed E-state index contributed by atoms with van der Waals surface area (Å²) in [6, 6.07) is 0. The Bertz CT molecular complexity index is 677. The van der Waals surface area contributed by atoms with Gasteiger partial charge in [0.25, 0.3) is 11.8 Å². The van der Waals surface area contributed by atoms with E-state index in [0.29, 0.717) is 65.6 Å². The lowest BCUT2D eigenvalue weighted by molar-refractivity contribution is -0.137. The van der Waals surface area contributed by atoms with E-state index in [-0.39, 0.29) is 42.5 Å². The van der Waals surface area contributed by atoms with Crippen molar-refractivity contribution >= 4 is 23.6 Å². The second-order valence-corrected chi connectivity index (χ2v) is 8.47. The molecule has 3 N–H and O–H groups in total. The molecule has 198 valence electrons. The molecule has 0 aromatic heterocycles. The zero-order valence-electron chi connectivity index (χ0n) is 20.6. The van der Waals surface area contributed by atoms with E-state index in [1.54, 1.807) is 0 Å². The molecule has 2 heterocycles. The lowest BCUT2D eigenvalue weighted by Crippen LogP contribution is -2.38. The molecule has 11 nitrogen and oxygen atoms in total. The van der Waals surface area contributed by atoms with Gasteiger partial charge in [0.15, 0.2) is 0 Å². The van der Waals surface area contributed by atoms with Gasteiger partial charge in [-0.25, -0.2) is 0 Å². The lowest BCUT2D eigenvalue weighted by Gasteiger charge is -2.21. The van der Waals surface area contributed by atoms with Gasteiger partial charge in [0.2, 0.25) is 11.8 Å². The van der Waals surface area contributed by atoms with Gasteiger partial charge in [-0.3, -0.25) is 24.1 Å². The largest absolute Gasteiger partial charge is 0.379 e. The summed E-state index contributed by atoms with van der Waals surface area (Å²) in [5.41, 5.74) is 0. The molecule has 11 heteroatoms. The van der Waals surface area contributed by atoms with Gasteiger partial charge in [-0.15, -0.1) is 0 Å². The molecule has 0 saturated carbocycles. The molecule has 1 fully saturated rings. The minimum absolute atomic E-state index is 0.107. The molecule has 1 saturated heterocycles. The van der Waals surface area contributed by atoms with Crippen LogP contribution in [0.2, 0.25) is 0 Å². The maximum Gasteiger partial charge on any atom is 0.253 e. The SMILES string of the molecule is O=C(CCCN1C(=O)C=CC1=O)NCCCOCCOCCOCCCNC(=O)C1CCNCC1. The topological polar surface area (TPSA) is 135 Å². The second-order valence-electron chi connectivity index (χ2n) is 8.47. The maximum absolute atomic E-state index is 12.0. The maximum atomic E-state index is 12.0. The molecule has 0 aromatic rings. The Labute approximate surface area is 207 Å². The highest BCUT2D eigenvalue weighted by Crippen LogP contribution is 2.11. The molecular weight excluding hydrogens is 456 g/mol. The van der Waals surface area contributed by atoms with Crippen LogP contribution in [-0.4, -0.2) is 101 Å². The third kappa shape index (κ3) is 12.8. The first-order valence-electron chi connectivity index (χ1n) is 12.6. The van der Waals surface area contributed by atoms with E-state index in [9.17, 15) is 19.2 Å². The van der Waals surface area contributed by atoms with E-state index >= 15 is 0 Å². The van der Waals surface area contributed by atoms with Crippen molar-refractivity contribution in [2.24, 2.45) is 5.92 Å². The Morgan fingerprint density at radius 2 is 1.37 bits per heavy atom. The molecule has 0 aliphatic carbocycles. The summed E-state index contributed by atoms with van der Waals surface area (Å²) in [4.78, 5) is 47.7. The summed E-state index contributed by atoms with van der Waals surface area (Å²) in [5, 5.41) is 9.03. The highest BCUT2D eigenvalue weighted by Gasteiger charge is 2.22. The summed E-state index contributed by atoms with van der Waals surface area (Å²) >= 11 is 0. The van der Waals surface area contributed by atoms with Crippen LogP contribution in [0.15, 0.2) is 12.2 Å². The van der Waals surface area contributed by atoms with Crippen molar-refractivity contribution in [2.75, 3.05) is 72.4 Å². The summed E-state index contributed by atoms with van der Waals surface area (Å²) < 4.78 is 16.4. The number of ether oxygens (including phenoxy) is 3. The van der Waals surface area contributed by atoms with Crippen LogP contribution in [0.1, 0.15) is 38.5 Å². The Balaban J connectivity index is 1.26. The van der Waals surface area contributed by atoms with Crippen LogP contribution in [0.5, 0.6) is 0 Å². The molecule has 0 aromatic carbocycles. The number of nitrogens with zero attached hydrogens (tertiary/aromatic N) is 1. The smallest absolute Gasteiger partial charge is 0.253 e. The molecule has 0 atom stereocenters. The van der Waals surface area contributed by atoms with Crippen LogP contribution < -0.4 is 16.0 Å². The minimum atomic E-state index is -0.325. The fraction of sp³-hybridized carbons (Fsp3) is 0.750. The van der Waals surface area contributed by atoms with E-state index in [0.717, 1.165) is 37.3 Å². The lowest BCUT2D eigenvalue weighted by atomic mass is 9.97. The van der Waals surface area contributed by atoms with Gasteiger partial charge in [-0.2, -0.15) is 0 Å². The number of imide groups is 1. The Morgan fingerprint density at radius 3 is 1.97 bits per heavy atom. The molecule has 0 unspecified atom stereocenters. The Morgan fingerprint density at radius 1 is 0.829 bits per heavy atom. The van der Waals surface area contributed by atoms with Crippen LogP contribution in [0.3, 0.4) is 0 Å². The third-order valence-electron chi connectivity index (χ3n) is 5.69.